The van der Waals surface area contributed by atoms with Gasteiger partial charge in [0.25, 0.3) is 5.91 Å². The number of rotatable bonds is 7. The summed E-state index contributed by atoms with van der Waals surface area (Å²) < 4.78 is 10.2. The number of pyridine rings is 1. The average molecular weight is 411 g/mol. The maximum absolute atomic E-state index is 12.5. The van der Waals surface area contributed by atoms with E-state index in [0.29, 0.717) is 16.3 Å². The predicted octanol–water partition coefficient (Wildman–Crippen LogP) is 4.08. The van der Waals surface area contributed by atoms with E-state index in [0.717, 1.165) is 28.3 Å². The van der Waals surface area contributed by atoms with E-state index in [1.165, 1.54) is 11.8 Å². The third kappa shape index (κ3) is 5.45. The van der Waals surface area contributed by atoms with E-state index in [9.17, 15) is 9.59 Å². The topological polar surface area (TPSA) is 94.3 Å². The van der Waals surface area contributed by atoms with Gasteiger partial charge in [0.05, 0.1) is 11.3 Å². The zero-order valence-corrected chi connectivity index (χ0v) is 17.2. The molecule has 0 fully saturated rings. The van der Waals surface area contributed by atoms with Gasteiger partial charge in [-0.2, -0.15) is 0 Å². The van der Waals surface area contributed by atoms with Crippen molar-refractivity contribution in [3.63, 3.8) is 0 Å². The first kappa shape index (κ1) is 20.6. The lowest BCUT2D eigenvalue weighted by Gasteiger charge is -2.12. The van der Waals surface area contributed by atoms with Gasteiger partial charge >= 0.3 is 5.97 Å². The van der Waals surface area contributed by atoms with Crippen LogP contribution < -0.4 is 5.32 Å². The van der Waals surface area contributed by atoms with Gasteiger partial charge in [-0.1, -0.05) is 35.1 Å². The highest BCUT2D eigenvalue weighted by atomic mass is 32.2. The maximum atomic E-state index is 12.5. The Morgan fingerprint density at radius 3 is 2.59 bits per heavy atom. The minimum absolute atomic E-state index is 0.303. The van der Waals surface area contributed by atoms with E-state index < -0.39 is 11.9 Å². The first-order valence-electron chi connectivity index (χ1n) is 8.97. The molecule has 0 saturated carbocycles. The van der Waals surface area contributed by atoms with Crippen LogP contribution in [0.2, 0.25) is 0 Å². The van der Waals surface area contributed by atoms with Crippen molar-refractivity contribution in [2.24, 2.45) is 0 Å². The van der Waals surface area contributed by atoms with Crippen LogP contribution in [0.3, 0.4) is 0 Å². The smallest absolute Gasteiger partial charge is 0.341 e. The molecule has 7 nitrogen and oxygen atoms in total. The van der Waals surface area contributed by atoms with Gasteiger partial charge in [0.1, 0.15) is 10.8 Å². The molecule has 0 atom stereocenters. The fourth-order valence-electron chi connectivity index (χ4n) is 2.69. The molecule has 3 rings (SSSR count). The number of aryl methyl sites for hydroxylation is 3. The van der Waals surface area contributed by atoms with Crippen LogP contribution in [-0.2, 0) is 15.3 Å². The summed E-state index contributed by atoms with van der Waals surface area (Å²) in [7, 11) is 0. The summed E-state index contributed by atoms with van der Waals surface area (Å²) in [5.41, 5.74) is 3.68. The molecular weight excluding hydrogens is 390 g/mol. The van der Waals surface area contributed by atoms with E-state index in [1.807, 2.05) is 45.0 Å². The largest absolute Gasteiger partial charge is 0.452 e. The monoisotopic (exact) mass is 411 g/mol. The molecule has 0 unspecified atom stereocenters. The lowest BCUT2D eigenvalue weighted by atomic mass is 10.1. The third-order valence-electron chi connectivity index (χ3n) is 4.10. The van der Waals surface area contributed by atoms with Crippen molar-refractivity contribution >= 4 is 29.3 Å². The van der Waals surface area contributed by atoms with Crippen LogP contribution in [-0.4, -0.2) is 28.6 Å². The molecule has 0 aliphatic carbocycles. The van der Waals surface area contributed by atoms with Crippen LogP contribution in [0.1, 0.15) is 32.9 Å². The van der Waals surface area contributed by atoms with Crippen LogP contribution in [0, 0.1) is 20.8 Å². The highest BCUT2D eigenvalue weighted by molar-refractivity contribution is 7.98. The molecule has 8 heteroatoms. The van der Waals surface area contributed by atoms with Gasteiger partial charge in [-0.05, 0) is 44.0 Å². The minimum atomic E-state index is -0.603. The molecule has 1 N–H and O–H groups in total. The number of carbonyl (C=O) groups is 2. The molecular formula is C21H21N3O4S. The molecule has 0 saturated heterocycles. The molecule has 1 aromatic carbocycles. The fourth-order valence-corrected chi connectivity index (χ4v) is 3.55. The Hall–Kier alpha value is -3.13. The Morgan fingerprint density at radius 2 is 1.90 bits per heavy atom. The number of amides is 1. The number of thioether (sulfide) groups is 1. The number of carbonyl (C=O) groups excluding carboxylic acids is 2. The van der Waals surface area contributed by atoms with Crippen molar-refractivity contribution in [2.45, 2.75) is 31.6 Å². The molecule has 0 aliphatic heterocycles. The number of anilines is 1. The van der Waals surface area contributed by atoms with Crippen molar-refractivity contribution in [1.29, 1.82) is 0 Å². The Morgan fingerprint density at radius 1 is 1.14 bits per heavy atom. The quantitative estimate of drug-likeness (QED) is 0.462. The molecule has 2 aromatic heterocycles. The fraction of sp³-hybridized carbons (Fsp3) is 0.238. The summed E-state index contributed by atoms with van der Waals surface area (Å²) in [6, 6.07) is 10.8. The van der Waals surface area contributed by atoms with Gasteiger partial charge in [-0.25, -0.2) is 9.78 Å². The maximum Gasteiger partial charge on any atom is 0.341 e. The van der Waals surface area contributed by atoms with Gasteiger partial charge in [-0.15, -0.1) is 0 Å². The van der Waals surface area contributed by atoms with Gasteiger partial charge in [0.2, 0.25) is 0 Å². The Kier molecular flexibility index (Phi) is 6.66. The Balaban J connectivity index is 1.60. The van der Waals surface area contributed by atoms with Gasteiger partial charge in [0, 0.05) is 23.7 Å². The predicted molar refractivity (Wildman–Crippen MR) is 110 cm³/mol. The first-order valence-corrected chi connectivity index (χ1v) is 9.96. The zero-order valence-electron chi connectivity index (χ0n) is 16.4. The normalized spacial score (nSPS) is 10.6. The van der Waals surface area contributed by atoms with E-state index in [2.05, 4.69) is 15.5 Å². The van der Waals surface area contributed by atoms with Crippen molar-refractivity contribution in [1.82, 2.24) is 10.1 Å². The summed E-state index contributed by atoms with van der Waals surface area (Å²) in [6.45, 7) is 5.25. The second kappa shape index (κ2) is 9.38. The molecule has 0 aliphatic rings. The van der Waals surface area contributed by atoms with E-state index in [-0.39, 0.29) is 6.61 Å². The second-order valence-electron chi connectivity index (χ2n) is 6.46. The van der Waals surface area contributed by atoms with Crippen molar-refractivity contribution in [3.8, 4) is 0 Å². The Labute approximate surface area is 172 Å². The van der Waals surface area contributed by atoms with Gasteiger partial charge in [0.15, 0.2) is 6.61 Å². The highest BCUT2D eigenvalue weighted by Crippen LogP contribution is 2.25. The van der Waals surface area contributed by atoms with Crippen LogP contribution in [0.15, 0.2) is 52.1 Å². The molecule has 1 amide bonds. The third-order valence-corrected chi connectivity index (χ3v) is 5.14. The number of aromatic nitrogens is 2. The van der Waals surface area contributed by atoms with E-state index in [1.54, 1.807) is 18.3 Å². The lowest BCUT2D eigenvalue weighted by molar-refractivity contribution is -0.119. The van der Waals surface area contributed by atoms with Crippen LogP contribution in [0.4, 0.5) is 5.69 Å². The van der Waals surface area contributed by atoms with E-state index >= 15 is 0 Å². The number of hydrogen-bond donors (Lipinski definition) is 1. The number of nitrogens with one attached hydrogen (secondary N) is 1. The molecule has 0 radical (unpaired) electrons. The number of hydrogen-bond acceptors (Lipinski definition) is 7. The SMILES string of the molecule is Cc1cc(CSc2ncccc2C(=O)OCC(=O)Nc2c(C)cccc2C)no1. The molecule has 2 heterocycles. The minimum Gasteiger partial charge on any atom is -0.452 e. The summed E-state index contributed by atoms with van der Waals surface area (Å²) in [5.74, 6) is 0.221. The summed E-state index contributed by atoms with van der Waals surface area (Å²) >= 11 is 1.35. The highest BCUT2D eigenvalue weighted by Gasteiger charge is 2.17. The van der Waals surface area contributed by atoms with Crippen LogP contribution in [0.25, 0.3) is 0 Å². The van der Waals surface area contributed by atoms with E-state index in [4.69, 9.17) is 9.26 Å². The van der Waals surface area contributed by atoms with Crippen LogP contribution >= 0.6 is 11.8 Å². The van der Waals surface area contributed by atoms with Gasteiger partial charge in [-0.3, -0.25) is 4.79 Å². The van der Waals surface area contributed by atoms with Crippen LogP contribution in [0.5, 0.6) is 0 Å². The molecule has 150 valence electrons. The molecule has 3 aromatic rings. The standard InChI is InChI=1S/C21H21N3O4S/c1-13-6-4-7-14(2)19(13)23-18(25)11-27-21(26)17-8-5-9-22-20(17)29-12-16-10-15(3)28-24-16/h4-10H,11-12H2,1-3H3,(H,23,25). The lowest BCUT2D eigenvalue weighted by Crippen LogP contribution is -2.22. The van der Waals surface area contributed by atoms with Crippen molar-refractivity contribution < 1.29 is 18.8 Å². The zero-order chi connectivity index (χ0) is 20.8. The number of benzene rings is 1. The first-order chi connectivity index (χ1) is 13.9. The Bertz CT molecular complexity index is 1010. The summed E-state index contributed by atoms with van der Waals surface area (Å²) in [5, 5.41) is 7.23. The number of para-hydroxylation sites is 1. The van der Waals surface area contributed by atoms with Crippen molar-refractivity contribution in [3.05, 3.63) is 70.7 Å². The number of nitrogens with zero attached hydrogens (tertiary/aromatic N) is 2. The van der Waals surface area contributed by atoms with Gasteiger partial charge < -0.3 is 14.6 Å². The summed E-state index contributed by atoms with van der Waals surface area (Å²) in [6.07, 6.45) is 1.60. The number of ether oxygens (including phenoxy) is 1. The molecule has 29 heavy (non-hydrogen) atoms. The average Bonchev–Trinajstić information content (AvgIpc) is 3.13. The summed E-state index contributed by atoms with van der Waals surface area (Å²) in [4.78, 5) is 28.9. The molecule has 0 bridgehead atoms. The second-order valence-corrected chi connectivity index (χ2v) is 7.43. The number of esters is 1. The molecule has 0 spiro atoms. The van der Waals surface area contributed by atoms with Crippen molar-refractivity contribution in [2.75, 3.05) is 11.9 Å².